The monoisotopic (exact) mass is 405 g/mol. The number of nitrogens with zero attached hydrogens (tertiary/aromatic N) is 1. The number of rotatable bonds is 9. The molecular weight excluding hydrogens is 382 g/mol. The first-order chi connectivity index (χ1) is 14.2. The molecule has 29 heavy (non-hydrogen) atoms. The van der Waals surface area contributed by atoms with Crippen molar-refractivity contribution in [3.63, 3.8) is 0 Å². The zero-order valence-electron chi connectivity index (χ0n) is 16.4. The van der Waals surface area contributed by atoms with Gasteiger partial charge in [-0.05, 0) is 35.4 Å². The van der Waals surface area contributed by atoms with Crippen molar-refractivity contribution >= 4 is 23.9 Å². The Morgan fingerprint density at radius 1 is 0.897 bits per heavy atom. The molecule has 0 unspecified atom stereocenters. The summed E-state index contributed by atoms with van der Waals surface area (Å²) in [6.07, 6.45) is 0.862. The average molecular weight is 406 g/mol. The Morgan fingerprint density at radius 2 is 1.55 bits per heavy atom. The molecule has 1 amide bonds. The summed E-state index contributed by atoms with van der Waals surface area (Å²) in [5.74, 6) is 1.30. The number of carbonyl (C=O) groups excluding carboxylic acids is 1. The molecule has 3 aromatic carbocycles. The van der Waals surface area contributed by atoms with E-state index in [0.717, 1.165) is 28.1 Å². The fraction of sp³-hybridized carbons (Fsp3) is 0.125. The molecule has 0 heterocycles. The van der Waals surface area contributed by atoms with Gasteiger partial charge in [-0.25, -0.2) is 0 Å². The summed E-state index contributed by atoms with van der Waals surface area (Å²) in [6.45, 7) is 0.417. The van der Waals surface area contributed by atoms with Crippen LogP contribution in [-0.4, -0.2) is 25.5 Å². The van der Waals surface area contributed by atoms with Gasteiger partial charge in [-0.1, -0.05) is 66.4 Å². The second kappa shape index (κ2) is 10.4. The Labute approximate surface area is 175 Å². The Kier molecular flexibility index (Phi) is 7.36. The molecular formula is C24H23NO3S. The molecule has 0 bridgehead atoms. The van der Waals surface area contributed by atoms with Crippen LogP contribution in [0.5, 0.6) is 11.5 Å². The number of amides is 1. The molecule has 0 saturated carbocycles. The Bertz CT molecular complexity index is 958. The van der Waals surface area contributed by atoms with E-state index in [1.807, 2.05) is 84.3 Å². The molecule has 0 aliphatic carbocycles. The van der Waals surface area contributed by atoms with Gasteiger partial charge < -0.3 is 14.4 Å². The maximum absolute atomic E-state index is 12.0. The first-order valence-electron chi connectivity index (χ1n) is 9.15. The highest BCUT2D eigenvalue weighted by Crippen LogP contribution is 2.31. The van der Waals surface area contributed by atoms with E-state index in [0.29, 0.717) is 18.0 Å². The second-order valence-electron chi connectivity index (χ2n) is 6.22. The lowest BCUT2D eigenvalue weighted by atomic mass is 10.1. The van der Waals surface area contributed by atoms with Crippen molar-refractivity contribution in [2.75, 3.05) is 14.2 Å². The predicted octanol–water partition coefficient (Wildman–Crippen LogP) is 5.45. The molecule has 0 radical (unpaired) electrons. The predicted molar refractivity (Wildman–Crippen MR) is 118 cm³/mol. The highest BCUT2D eigenvalue weighted by Gasteiger charge is 2.14. The standard InChI is InChI=1S/C24H23NO3S/c1-27-23-14-13-19(15-24(23)28-2)16-25(18-26)22(20-9-5-3-6-10-20)17-29-21-11-7-4-8-12-21/h3-15,17-18H,16H2,1-2H3/b22-17-. The van der Waals surface area contributed by atoms with Crippen LogP contribution in [-0.2, 0) is 11.3 Å². The van der Waals surface area contributed by atoms with E-state index in [2.05, 4.69) is 0 Å². The molecule has 0 aliphatic heterocycles. The summed E-state index contributed by atoms with van der Waals surface area (Å²) in [4.78, 5) is 14.8. The van der Waals surface area contributed by atoms with Crippen LogP contribution in [0.15, 0.2) is 89.2 Å². The van der Waals surface area contributed by atoms with Crippen molar-refractivity contribution in [2.24, 2.45) is 0 Å². The number of benzene rings is 3. The lowest BCUT2D eigenvalue weighted by molar-refractivity contribution is -0.115. The first-order valence-corrected chi connectivity index (χ1v) is 10.0. The topological polar surface area (TPSA) is 38.8 Å². The second-order valence-corrected chi connectivity index (χ2v) is 7.17. The Hall–Kier alpha value is -3.18. The molecule has 0 atom stereocenters. The van der Waals surface area contributed by atoms with Crippen LogP contribution < -0.4 is 9.47 Å². The van der Waals surface area contributed by atoms with Crippen LogP contribution in [0, 0.1) is 0 Å². The molecule has 3 aromatic rings. The summed E-state index contributed by atoms with van der Waals surface area (Å²) in [6, 6.07) is 25.7. The van der Waals surface area contributed by atoms with Gasteiger partial charge in [0.1, 0.15) is 0 Å². The minimum absolute atomic E-state index is 0.417. The lowest BCUT2D eigenvalue weighted by Gasteiger charge is -2.22. The quantitative estimate of drug-likeness (QED) is 0.350. The van der Waals surface area contributed by atoms with Crippen LogP contribution in [0.3, 0.4) is 0 Å². The van der Waals surface area contributed by atoms with Gasteiger partial charge in [-0.3, -0.25) is 4.79 Å². The van der Waals surface area contributed by atoms with Gasteiger partial charge in [-0.2, -0.15) is 0 Å². The fourth-order valence-electron chi connectivity index (χ4n) is 2.89. The van der Waals surface area contributed by atoms with E-state index in [-0.39, 0.29) is 0 Å². The van der Waals surface area contributed by atoms with E-state index in [4.69, 9.17) is 9.47 Å². The van der Waals surface area contributed by atoms with E-state index >= 15 is 0 Å². The number of hydrogen-bond acceptors (Lipinski definition) is 4. The maximum atomic E-state index is 12.0. The van der Waals surface area contributed by atoms with Crippen LogP contribution >= 0.6 is 11.8 Å². The van der Waals surface area contributed by atoms with Crippen molar-refractivity contribution in [3.05, 3.63) is 95.4 Å². The molecule has 0 aliphatic rings. The summed E-state index contributed by atoms with van der Waals surface area (Å²) in [7, 11) is 3.21. The minimum Gasteiger partial charge on any atom is -0.493 e. The molecule has 5 heteroatoms. The molecule has 0 fully saturated rings. The van der Waals surface area contributed by atoms with Gasteiger partial charge in [0.25, 0.3) is 0 Å². The number of hydrogen-bond donors (Lipinski definition) is 0. The van der Waals surface area contributed by atoms with E-state index in [9.17, 15) is 4.79 Å². The summed E-state index contributed by atoms with van der Waals surface area (Å²) >= 11 is 1.58. The zero-order chi connectivity index (χ0) is 20.5. The third kappa shape index (κ3) is 5.42. The first kappa shape index (κ1) is 20.6. The van der Waals surface area contributed by atoms with Crippen molar-refractivity contribution in [3.8, 4) is 11.5 Å². The van der Waals surface area contributed by atoms with Gasteiger partial charge in [0.15, 0.2) is 11.5 Å². The van der Waals surface area contributed by atoms with Gasteiger partial charge >= 0.3 is 0 Å². The third-order valence-electron chi connectivity index (χ3n) is 4.36. The smallest absolute Gasteiger partial charge is 0.214 e. The van der Waals surface area contributed by atoms with Crippen molar-refractivity contribution in [2.45, 2.75) is 11.4 Å². The SMILES string of the molecule is COc1ccc(CN(C=O)/C(=C\Sc2ccccc2)c2ccccc2)cc1OC. The highest BCUT2D eigenvalue weighted by molar-refractivity contribution is 8.02. The van der Waals surface area contributed by atoms with E-state index in [1.165, 1.54) is 0 Å². The fourth-order valence-corrected chi connectivity index (χ4v) is 3.72. The maximum Gasteiger partial charge on any atom is 0.214 e. The molecule has 0 saturated heterocycles. The molecule has 148 valence electrons. The van der Waals surface area contributed by atoms with Crippen LogP contribution in [0.2, 0.25) is 0 Å². The summed E-state index contributed by atoms with van der Waals surface area (Å²) in [5.41, 5.74) is 2.76. The van der Waals surface area contributed by atoms with Crippen molar-refractivity contribution < 1.29 is 14.3 Å². The lowest BCUT2D eigenvalue weighted by Crippen LogP contribution is -2.20. The Balaban J connectivity index is 1.91. The van der Waals surface area contributed by atoms with Gasteiger partial charge in [0.05, 0.1) is 26.5 Å². The third-order valence-corrected chi connectivity index (χ3v) is 5.24. The zero-order valence-corrected chi connectivity index (χ0v) is 17.3. The largest absolute Gasteiger partial charge is 0.493 e. The van der Waals surface area contributed by atoms with Crippen LogP contribution in [0.4, 0.5) is 0 Å². The van der Waals surface area contributed by atoms with E-state index in [1.54, 1.807) is 30.9 Å². The minimum atomic E-state index is 0.417. The molecule has 0 aromatic heterocycles. The van der Waals surface area contributed by atoms with Gasteiger partial charge in [-0.15, -0.1) is 0 Å². The van der Waals surface area contributed by atoms with E-state index < -0.39 is 0 Å². The van der Waals surface area contributed by atoms with Crippen LogP contribution in [0.1, 0.15) is 11.1 Å². The summed E-state index contributed by atoms with van der Waals surface area (Å²) in [5, 5.41) is 2.01. The summed E-state index contributed by atoms with van der Waals surface area (Å²) < 4.78 is 10.7. The van der Waals surface area contributed by atoms with Crippen molar-refractivity contribution in [1.82, 2.24) is 4.90 Å². The molecule has 0 N–H and O–H groups in total. The van der Waals surface area contributed by atoms with Gasteiger partial charge in [0, 0.05) is 10.3 Å². The van der Waals surface area contributed by atoms with Crippen LogP contribution in [0.25, 0.3) is 5.70 Å². The average Bonchev–Trinajstić information content (AvgIpc) is 2.79. The number of methoxy groups -OCH3 is 2. The highest BCUT2D eigenvalue weighted by atomic mass is 32.2. The molecule has 0 spiro atoms. The molecule has 4 nitrogen and oxygen atoms in total. The Morgan fingerprint density at radius 3 is 2.17 bits per heavy atom. The number of thioether (sulfide) groups is 1. The normalized spacial score (nSPS) is 11.0. The number of ether oxygens (including phenoxy) is 2. The molecule has 3 rings (SSSR count). The number of carbonyl (C=O) groups is 1. The van der Waals surface area contributed by atoms with Crippen molar-refractivity contribution in [1.29, 1.82) is 0 Å². The van der Waals surface area contributed by atoms with Gasteiger partial charge in [0.2, 0.25) is 6.41 Å².